The molecule has 5 rings (SSSR count). The second-order valence-electron chi connectivity index (χ2n) is 12.1. The van der Waals surface area contributed by atoms with Gasteiger partial charge in [0.2, 0.25) is 0 Å². The van der Waals surface area contributed by atoms with Crippen molar-refractivity contribution in [2.75, 3.05) is 6.61 Å². The zero-order valence-corrected chi connectivity index (χ0v) is 21.0. The van der Waals surface area contributed by atoms with Crippen LogP contribution in [-0.4, -0.2) is 46.1 Å². The molecule has 0 radical (unpaired) electrons. The van der Waals surface area contributed by atoms with Gasteiger partial charge in [0.25, 0.3) is 5.97 Å². The lowest BCUT2D eigenvalue weighted by atomic mass is 9.47. The number of carbonyl (C=O) groups excluding carboxylic acids is 2. The Balaban J connectivity index is 1.51. The maximum absolute atomic E-state index is 13.5. The molecule has 9 atom stereocenters. The fraction of sp³-hybridized carbons (Fsp3) is 0.786. The molecule has 2 saturated carbocycles. The van der Waals surface area contributed by atoms with E-state index in [2.05, 4.69) is 32.9 Å². The van der Waals surface area contributed by atoms with Crippen LogP contribution in [0.2, 0.25) is 0 Å². The van der Waals surface area contributed by atoms with Gasteiger partial charge < -0.3 is 19.7 Å². The molecule has 0 aromatic heterocycles. The molecule has 0 aromatic rings. The van der Waals surface area contributed by atoms with E-state index in [1.807, 2.05) is 6.92 Å². The standard InChI is InChI=1S/C28H40O6/c1-5-6-7-17(2)28(32)33-16-23(31)27(34-28)13-11-21-20-9-8-18-14-19(29)10-12-25(18,3)24(20)22(30)15-26(21,27)4/h8-9,14,17,20-22,24,30,32H,5-7,10-13,15-16H2,1-4H3/t17?,20-,21-,22-,24+,25-,26-,27-,28?/m0/s1. The molecule has 188 valence electrons. The van der Waals surface area contributed by atoms with Crippen molar-refractivity contribution in [2.45, 2.75) is 96.7 Å². The number of aliphatic hydroxyl groups excluding tert-OH is 1. The lowest BCUT2D eigenvalue weighted by Gasteiger charge is -2.60. The molecule has 1 heterocycles. The fourth-order valence-electron chi connectivity index (χ4n) is 8.30. The van der Waals surface area contributed by atoms with Crippen molar-refractivity contribution in [1.29, 1.82) is 0 Å². The van der Waals surface area contributed by atoms with E-state index in [4.69, 9.17) is 9.47 Å². The van der Waals surface area contributed by atoms with Gasteiger partial charge in [0.05, 0.1) is 6.10 Å². The van der Waals surface area contributed by atoms with Gasteiger partial charge in [0, 0.05) is 23.7 Å². The molecular formula is C28H40O6. The van der Waals surface area contributed by atoms with Crippen LogP contribution < -0.4 is 0 Å². The predicted molar refractivity (Wildman–Crippen MR) is 126 cm³/mol. The summed E-state index contributed by atoms with van der Waals surface area (Å²) in [6, 6.07) is 0. The summed E-state index contributed by atoms with van der Waals surface area (Å²) in [5, 5.41) is 23.1. The number of aliphatic hydroxyl groups is 2. The van der Waals surface area contributed by atoms with Crippen LogP contribution in [0.4, 0.5) is 0 Å². The Bertz CT molecular complexity index is 939. The number of carbonyl (C=O) groups is 2. The summed E-state index contributed by atoms with van der Waals surface area (Å²) in [5.74, 6) is -1.78. The van der Waals surface area contributed by atoms with Crippen molar-refractivity contribution in [3.05, 3.63) is 23.8 Å². The summed E-state index contributed by atoms with van der Waals surface area (Å²) < 4.78 is 12.1. The molecule has 0 bridgehead atoms. The minimum absolute atomic E-state index is 0.00220. The summed E-state index contributed by atoms with van der Waals surface area (Å²) in [7, 11) is 0. The molecule has 1 saturated heterocycles. The molecular weight excluding hydrogens is 432 g/mol. The van der Waals surface area contributed by atoms with Crippen LogP contribution in [0.15, 0.2) is 23.8 Å². The summed E-state index contributed by atoms with van der Waals surface area (Å²) in [6.07, 6.45) is 11.1. The van der Waals surface area contributed by atoms with E-state index in [0.29, 0.717) is 19.3 Å². The number of ether oxygens (including phenoxy) is 2. The highest BCUT2D eigenvalue weighted by atomic mass is 16.8. The highest BCUT2D eigenvalue weighted by molar-refractivity contribution is 5.92. The first-order valence-electron chi connectivity index (χ1n) is 13.2. The minimum Gasteiger partial charge on any atom is -0.393 e. The SMILES string of the molecule is CCCCC(C)C1(O)OCC(=O)[C@]2(CC[C@H]3[C@@H]4C=CC5=CC(=O)CC[C@]5(C)[C@H]4[C@@H](O)C[C@@]32C)O1. The molecule has 6 nitrogen and oxygen atoms in total. The zero-order chi connectivity index (χ0) is 24.5. The third-order valence-corrected chi connectivity index (χ3v) is 10.4. The van der Waals surface area contributed by atoms with Gasteiger partial charge in [-0.05, 0) is 61.0 Å². The normalized spacial score (nSPS) is 48.8. The number of allylic oxidation sites excluding steroid dienone is 4. The minimum atomic E-state index is -1.79. The van der Waals surface area contributed by atoms with Crippen molar-refractivity contribution in [1.82, 2.24) is 0 Å². The van der Waals surface area contributed by atoms with Crippen LogP contribution in [0, 0.1) is 34.5 Å². The summed E-state index contributed by atoms with van der Waals surface area (Å²) in [4.78, 5) is 25.6. The lowest BCUT2D eigenvalue weighted by molar-refractivity contribution is -0.434. The Morgan fingerprint density at radius 3 is 2.74 bits per heavy atom. The van der Waals surface area contributed by atoms with E-state index in [1.54, 1.807) is 6.08 Å². The average molecular weight is 473 g/mol. The summed E-state index contributed by atoms with van der Waals surface area (Å²) in [6.45, 7) is 8.13. The topological polar surface area (TPSA) is 93.1 Å². The van der Waals surface area contributed by atoms with Crippen molar-refractivity contribution >= 4 is 11.6 Å². The molecule has 34 heavy (non-hydrogen) atoms. The van der Waals surface area contributed by atoms with Crippen molar-refractivity contribution in [3.8, 4) is 0 Å². The molecule has 6 heteroatoms. The molecule has 5 aliphatic rings. The molecule has 2 unspecified atom stereocenters. The second-order valence-corrected chi connectivity index (χ2v) is 12.1. The highest BCUT2D eigenvalue weighted by Crippen LogP contribution is 2.68. The third-order valence-electron chi connectivity index (χ3n) is 10.4. The fourth-order valence-corrected chi connectivity index (χ4v) is 8.30. The van der Waals surface area contributed by atoms with E-state index in [-0.39, 0.29) is 47.3 Å². The highest BCUT2D eigenvalue weighted by Gasteiger charge is 2.71. The molecule has 2 N–H and O–H groups in total. The van der Waals surface area contributed by atoms with Gasteiger partial charge in [0.1, 0.15) is 12.2 Å². The Morgan fingerprint density at radius 1 is 1.24 bits per heavy atom. The molecule has 1 spiro atoms. The van der Waals surface area contributed by atoms with Crippen molar-refractivity contribution in [3.63, 3.8) is 0 Å². The molecule has 3 fully saturated rings. The Kier molecular flexibility index (Phi) is 5.79. The van der Waals surface area contributed by atoms with Gasteiger partial charge in [-0.25, -0.2) is 0 Å². The van der Waals surface area contributed by atoms with E-state index in [0.717, 1.165) is 37.7 Å². The maximum Gasteiger partial charge on any atom is 0.284 e. The molecule has 0 amide bonds. The monoisotopic (exact) mass is 472 g/mol. The largest absolute Gasteiger partial charge is 0.393 e. The van der Waals surface area contributed by atoms with Gasteiger partial charge in [-0.15, -0.1) is 0 Å². The van der Waals surface area contributed by atoms with Crippen LogP contribution in [0.5, 0.6) is 0 Å². The van der Waals surface area contributed by atoms with Crippen LogP contribution in [0.3, 0.4) is 0 Å². The number of hydrogen-bond acceptors (Lipinski definition) is 6. The first-order valence-corrected chi connectivity index (χ1v) is 13.2. The van der Waals surface area contributed by atoms with Gasteiger partial charge in [-0.3, -0.25) is 9.59 Å². The smallest absolute Gasteiger partial charge is 0.284 e. The first-order chi connectivity index (χ1) is 16.0. The summed E-state index contributed by atoms with van der Waals surface area (Å²) in [5.41, 5.74) is -0.998. The number of unbranched alkanes of at least 4 members (excludes halogenated alkanes) is 1. The van der Waals surface area contributed by atoms with Gasteiger partial charge >= 0.3 is 0 Å². The molecule has 0 aromatic carbocycles. The van der Waals surface area contributed by atoms with Gasteiger partial charge in [-0.2, -0.15) is 0 Å². The van der Waals surface area contributed by atoms with Crippen LogP contribution in [-0.2, 0) is 19.1 Å². The number of Topliss-reactive ketones (excluding diaryl/α,β-unsaturated/α-hetero) is 1. The van der Waals surface area contributed by atoms with Crippen LogP contribution in [0.1, 0.15) is 79.1 Å². The average Bonchev–Trinajstić information content (AvgIpc) is 3.07. The van der Waals surface area contributed by atoms with Crippen molar-refractivity contribution in [2.24, 2.45) is 34.5 Å². The van der Waals surface area contributed by atoms with E-state index in [9.17, 15) is 19.8 Å². The molecule has 4 aliphatic carbocycles. The number of hydrogen-bond donors (Lipinski definition) is 2. The number of rotatable bonds is 4. The Hall–Kier alpha value is -1.34. The van der Waals surface area contributed by atoms with E-state index < -0.39 is 23.1 Å². The van der Waals surface area contributed by atoms with Crippen LogP contribution >= 0.6 is 0 Å². The summed E-state index contributed by atoms with van der Waals surface area (Å²) >= 11 is 0. The lowest BCUT2D eigenvalue weighted by Crippen LogP contribution is -2.68. The van der Waals surface area contributed by atoms with Gasteiger partial charge in [0.15, 0.2) is 11.6 Å². The van der Waals surface area contributed by atoms with E-state index >= 15 is 0 Å². The first kappa shape index (κ1) is 24.4. The second kappa shape index (κ2) is 8.09. The Labute approximate surface area is 202 Å². The van der Waals surface area contributed by atoms with Crippen molar-refractivity contribution < 1.29 is 29.3 Å². The molecule has 1 aliphatic heterocycles. The van der Waals surface area contributed by atoms with Gasteiger partial charge in [-0.1, -0.05) is 52.7 Å². The number of fused-ring (bicyclic) bond motifs is 6. The Morgan fingerprint density at radius 2 is 2.00 bits per heavy atom. The quantitative estimate of drug-likeness (QED) is 0.640. The predicted octanol–water partition coefficient (Wildman–Crippen LogP) is 4.09. The van der Waals surface area contributed by atoms with Crippen LogP contribution in [0.25, 0.3) is 0 Å². The maximum atomic E-state index is 13.5. The van der Waals surface area contributed by atoms with E-state index in [1.165, 1.54) is 0 Å². The zero-order valence-electron chi connectivity index (χ0n) is 21.0. The number of ketones is 2. The third kappa shape index (κ3) is 3.21.